The molecule has 0 radical (unpaired) electrons. The van der Waals surface area contributed by atoms with Gasteiger partial charge in [-0.25, -0.2) is 4.79 Å². The smallest absolute Gasteiger partial charge is 0.314 e. The number of carboxylic acid groups (broad SMARTS) is 1. The lowest BCUT2D eigenvalue weighted by atomic mass is 9.78. The van der Waals surface area contributed by atoms with Crippen LogP contribution in [0.15, 0.2) is 24.3 Å². The summed E-state index contributed by atoms with van der Waals surface area (Å²) in [6.07, 6.45) is 4.88. The van der Waals surface area contributed by atoms with Crippen LogP contribution in [-0.4, -0.2) is 37.3 Å². The Labute approximate surface area is 142 Å². The number of hydrogen-bond acceptors (Lipinski definition) is 3. The van der Waals surface area contributed by atoms with Crippen LogP contribution in [0.1, 0.15) is 44.1 Å². The molecule has 0 aliphatic heterocycles. The van der Waals surface area contributed by atoms with Crippen molar-refractivity contribution in [3.05, 3.63) is 29.8 Å². The Bertz CT molecular complexity index is 568. The number of nitrogens with one attached hydrogen (secondary N) is 2. The maximum Gasteiger partial charge on any atom is 0.314 e. The lowest BCUT2D eigenvalue weighted by Gasteiger charge is -2.30. The van der Waals surface area contributed by atoms with Gasteiger partial charge in [-0.1, -0.05) is 25.0 Å². The van der Waals surface area contributed by atoms with Gasteiger partial charge in [0.2, 0.25) is 0 Å². The molecule has 24 heavy (non-hydrogen) atoms. The van der Waals surface area contributed by atoms with Crippen molar-refractivity contribution in [1.82, 2.24) is 10.6 Å². The minimum absolute atomic E-state index is 0.0487. The summed E-state index contributed by atoms with van der Waals surface area (Å²) in [4.78, 5) is 22.4. The summed E-state index contributed by atoms with van der Waals surface area (Å²) in [6.45, 7) is 0.940. The number of hydrogen-bond donors (Lipinski definition) is 3. The molecule has 132 valence electrons. The number of urea groups is 1. The van der Waals surface area contributed by atoms with Crippen molar-refractivity contribution >= 4 is 12.0 Å². The largest absolute Gasteiger partial charge is 0.497 e. The van der Waals surface area contributed by atoms with Gasteiger partial charge in [-0.05, 0) is 37.0 Å². The summed E-state index contributed by atoms with van der Waals surface area (Å²) in [5, 5.41) is 14.3. The number of methoxy groups -OCH3 is 1. The summed E-state index contributed by atoms with van der Waals surface area (Å²) in [7, 11) is 1.66. The van der Waals surface area contributed by atoms with Gasteiger partial charge in [0.25, 0.3) is 0 Å². The van der Waals surface area contributed by atoms with Gasteiger partial charge in [-0.2, -0.15) is 0 Å². The number of amides is 2. The quantitative estimate of drug-likeness (QED) is 0.638. The first-order valence-corrected chi connectivity index (χ1v) is 8.44. The lowest BCUT2D eigenvalue weighted by molar-refractivity contribution is -0.137. The van der Waals surface area contributed by atoms with Crippen molar-refractivity contribution in [3.63, 3.8) is 0 Å². The van der Waals surface area contributed by atoms with Gasteiger partial charge < -0.3 is 20.5 Å². The van der Waals surface area contributed by atoms with Crippen LogP contribution < -0.4 is 15.4 Å². The molecule has 2 amide bonds. The van der Waals surface area contributed by atoms with Gasteiger partial charge in [0.1, 0.15) is 5.75 Å². The van der Waals surface area contributed by atoms with Crippen LogP contribution in [0, 0.1) is 0 Å². The molecular weight excluding hydrogens is 308 g/mol. The standard InChI is InChI=1S/C18H26N2O4/c1-24-15-7-4-6-14(12-15)18(9-2-3-10-18)13-20-17(23)19-11-5-8-16(21)22/h4,6-7,12H,2-3,5,8-11,13H2,1H3,(H,21,22)(H2,19,20,23). The van der Waals surface area contributed by atoms with E-state index in [0.29, 0.717) is 19.5 Å². The van der Waals surface area contributed by atoms with Crippen LogP contribution in [0.25, 0.3) is 0 Å². The molecular formula is C18H26N2O4. The molecule has 3 N–H and O–H groups in total. The molecule has 0 atom stereocenters. The molecule has 6 heteroatoms. The number of carboxylic acids is 1. The molecule has 0 unspecified atom stereocenters. The molecule has 1 fully saturated rings. The first-order valence-electron chi connectivity index (χ1n) is 8.44. The Morgan fingerprint density at radius 3 is 2.67 bits per heavy atom. The summed E-state index contributed by atoms with van der Waals surface area (Å²) in [6, 6.07) is 7.82. The second-order valence-electron chi connectivity index (χ2n) is 6.33. The molecule has 1 aromatic rings. The molecule has 0 aromatic heterocycles. The number of carbonyl (C=O) groups excluding carboxylic acids is 1. The maximum atomic E-state index is 11.9. The highest BCUT2D eigenvalue weighted by Crippen LogP contribution is 2.41. The predicted octanol–water partition coefficient (Wildman–Crippen LogP) is 2.67. The van der Waals surface area contributed by atoms with E-state index in [1.807, 2.05) is 12.1 Å². The van der Waals surface area contributed by atoms with Gasteiger partial charge in [0.05, 0.1) is 7.11 Å². The zero-order chi connectivity index (χ0) is 17.4. The third kappa shape index (κ3) is 4.88. The Kier molecular flexibility index (Phi) is 6.46. The monoisotopic (exact) mass is 334 g/mol. The van der Waals surface area contributed by atoms with E-state index < -0.39 is 5.97 Å². The fraction of sp³-hybridized carbons (Fsp3) is 0.556. The number of rotatable bonds is 8. The summed E-state index contributed by atoms with van der Waals surface area (Å²) >= 11 is 0. The van der Waals surface area contributed by atoms with Gasteiger partial charge in [0, 0.05) is 24.9 Å². The highest BCUT2D eigenvalue weighted by Gasteiger charge is 2.36. The summed E-state index contributed by atoms with van der Waals surface area (Å²) < 4.78 is 5.32. The molecule has 1 aliphatic rings. The van der Waals surface area contributed by atoms with E-state index in [4.69, 9.17) is 9.84 Å². The normalized spacial score (nSPS) is 15.7. The van der Waals surface area contributed by atoms with Crippen LogP contribution in [0.5, 0.6) is 5.75 Å². The van der Waals surface area contributed by atoms with E-state index in [2.05, 4.69) is 22.8 Å². The Morgan fingerprint density at radius 2 is 2.00 bits per heavy atom. The third-order valence-electron chi connectivity index (χ3n) is 4.68. The highest BCUT2D eigenvalue weighted by atomic mass is 16.5. The van der Waals surface area contributed by atoms with E-state index in [0.717, 1.165) is 31.4 Å². The minimum Gasteiger partial charge on any atom is -0.497 e. The first-order chi connectivity index (χ1) is 11.6. The van der Waals surface area contributed by atoms with Crippen LogP contribution >= 0.6 is 0 Å². The van der Waals surface area contributed by atoms with Crippen LogP contribution in [0.2, 0.25) is 0 Å². The molecule has 6 nitrogen and oxygen atoms in total. The molecule has 0 saturated heterocycles. The second-order valence-corrected chi connectivity index (χ2v) is 6.33. The average molecular weight is 334 g/mol. The fourth-order valence-corrected chi connectivity index (χ4v) is 3.33. The topological polar surface area (TPSA) is 87.7 Å². The van der Waals surface area contributed by atoms with Crippen LogP contribution in [-0.2, 0) is 10.2 Å². The van der Waals surface area contributed by atoms with Crippen molar-refractivity contribution in [3.8, 4) is 5.75 Å². The summed E-state index contributed by atoms with van der Waals surface area (Å²) in [5.74, 6) is -0.0166. The molecule has 1 aliphatic carbocycles. The maximum absolute atomic E-state index is 11.9. The number of aliphatic carboxylic acids is 1. The second kappa shape index (κ2) is 8.57. The van der Waals surface area contributed by atoms with Gasteiger partial charge >= 0.3 is 12.0 Å². The highest BCUT2D eigenvalue weighted by molar-refractivity contribution is 5.74. The molecule has 1 saturated carbocycles. The van der Waals surface area contributed by atoms with Gasteiger partial charge in [-0.15, -0.1) is 0 Å². The van der Waals surface area contributed by atoms with E-state index in [1.165, 1.54) is 5.56 Å². The van der Waals surface area contributed by atoms with Gasteiger partial charge in [-0.3, -0.25) is 4.79 Å². The number of carbonyl (C=O) groups is 2. The van der Waals surface area contributed by atoms with E-state index in [1.54, 1.807) is 7.11 Å². The first kappa shape index (κ1) is 18.1. The van der Waals surface area contributed by atoms with Crippen molar-refractivity contribution in [2.75, 3.05) is 20.2 Å². The van der Waals surface area contributed by atoms with E-state index in [-0.39, 0.29) is 17.9 Å². The van der Waals surface area contributed by atoms with E-state index >= 15 is 0 Å². The predicted molar refractivity (Wildman–Crippen MR) is 91.4 cm³/mol. The molecule has 0 spiro atoms. The summed E-state index contributed by atoms with van der Waals surface area (Å²) in [5.41, 5.74) is 1.15. The van der Waals surface area contributed by atoms with Crippen molar-refractivity contribution in [2.45, 2.75) is 43.9 Å². The Hall–Kier alpha value is -2.24. The SMILES string of the molecule is COc1cccc(C2(CNC(=O)NCCCC(=O)O)CCCC2)c1. The third-order valence-corrected chi connectivity index (χ3v) is 4.68. The molecule has 0 heterocycles. The van der Waals surface area contributed by atoms with Gasteiger partial charge in [0.15, 0.2) is 0 Å². The molecule has 0 bridgehead atoms. The minimum atomic E-state index is -0.847. The molecule has 1 aromatic carbocycles. The number of ether oxygens (including phenoxy) is 1. The molecule has 2 rings (SSSR count). The van der Waals surface area contributed by atoms with Crippen molar-refractivity contribution in [1.29, 1.82) is 0 Å². The van der Waals surface area contributed by atoms with Crippen molar-refractivity contribution < 1.29 is 19.4 Å². The van der Waals surface area contributed by atoms with E-state index in [9.17, 15) is 9.59 Å². The van der Waals surface area contributed by atoms with Crippen LogP contribution in [0.3, 0.4) is 0 Å². The van der Waals surface area contributed by atoms with Crippen molar-refractivity contribution in [2.24, 2.45) is 0 Å². The number of benzene rings is 1. The Morgan fingerprint density at radius 1 is 1.25 bits per heavy atom. The fourth-order valence-electron chi connectivity index (χ4n) is 3.33. The zero-order valence-electron chi connectivity index (χ0n) is 14.1. The lowest BCUT2D eigenvalue weighted by Crippen LogP contribution is -2.44. The van der Waals surface area contributed by atoms with Crippen LogP contribution in [0.4, 0.5) is 4.79 Å². The zero-order valence-corrected chi connectivity index (χ0v) is 14.1. The average Bonchev–Trinajstić information content (AvgIpc) is 3.07. The Balaban J connectivity index is 1.91.